The van der Waals surface area contributed by atoms with Crippen LogP contribution < -0.4 is 16.0 Å². The van der Waals surface area contributed by atoms with E-state index in [1.165, 1.54) is 4.68 Å². The third-order valence-corrected chi connectivity index (χ3v) is 7.74. The lowest BCUT2D eigenvalue weighted by Crippen LogP contribution is -2.50. The Morgan fingerprint density at radius 1 is 1.00 bits per heavy atom. The van der Waals surface area contributed by atoms with Crippen molar-refractivity contribution in [2.75, 3.05) is 19.6 Å². The quantitative estimate of drug-likeness (QED) is 0.395. The molecular weight excluding hydrogens is 574 g/mol. The largest absolute Gasteiger partial charge is 0.354 e. The molecule has 0 radical (unpaired) electrons. The van der Waals surface area contributed by atoms with Crippen molar-refractivity contribution in [3.05, 3.63) is 65.0 Å². The standard InChI is InChI=1S/C32H45N9O4/c1-6-40-26(18-22(4)37-40)32(45)39-16-10-14-27(42)35-25(19-24-12-8-7-9-13-24)31(44)36-29(21(2)3)30-34-23(5)38-41(30)20-28(43)33-15-11-17-39/h7-9,12-13,18,21,25,29H,6,10-11,14-17,19-20H2,1-5H3,(H,33,43)(H,35,42)(H,36,44)/t25-,29+/m1/s1. The molecule has 4 rings (SSSR count). The molecule has 1 aliphatic heterocycles. The van der Waals surface area contributed by atoms with Gasteiger partial charge in [0.1, 0.15) is 24.1 Å². The van der Waals surface area contributed by atoms with Crippen molar-refractivity contribution < 1.29 is 19.2 Å². The van der Waals surface area contributed by atoms with Gasteiger partial charge in [-0.05, 0) is 51.2 Å². The molecule has 13 nitrogen and oxygen atoms in total. The smallest absolute Gasteiger partial charge is 0.272 e. The van der Waals surface area contributed by atoms with Gasteiger partial charge in [0.25, 0.3) is 5.91 Å². The number of nitrogens with zero attached hydrogens (tertiary/aromatic N) is 6. The van der Waals surface area contributed by atoms with Crippen LogP contribution >= 0.6 is 0 Å². The Labute approximate surface area is 264 Å². The molecule has 0 bridgehead atoms. The van der Waals surface area contributed by atoms with Crippen molar-refractivity contribution in [1.82, 2.24) is 45.4 Å². The van der Waals surface area contributed by atoms with Gasteiger partial charge in [-0.2, -0.15) is 10.2 Å². The van der Waals surface area contributed by atoms with E-state index in [0.29, 0.717) is 62.8 Å². The first-order chi connectivity index (χ1) is 21.5. The highest BCUT2D eigenvalue weighted by molar-refractivity contribution is 5.93. The molecule has 0 fully saturated rings. The summed E-state index contributed by atoms with van der Waals surface area (Å²) in [5.41, 5.74) is 2.13. The molecule has 2 atom stereocenters. The third-order valence-electron chi connectivity index (χ3n) is 7.74. The second-order valence-electron chi connectivity index (χ2n) is 11.8. The van der Waals surface area contributed by atoms with Crippen LogP contribution in [0.15, 0.2) is 36.4 Å². The number of hydrogen-bond acceptors (Lipinski definition) is 7. The van der Waals surface area contributed by atoms with E-state index in [0.717, 1.165) is 11.3 Å². The maximum absolute atomic E-state index is 13.8. The molecule has 45 heavy (non-hydrogen) atoms. The van der Waals surface area contributed by atoms with E-state index in [1.54, 1.807) is 22.6 Å². The Hall–Kier alpha value is -4.55. The van der Waals surface area contributed by atoms with E-state index in [2.05, 4.69) is 31.1 Å². The fourth-order valence-electron chi connectivity index (χ4n) is 5.48. The number of rotatable bonds is 5. The van der Waals surface area contributed by atoms with Crippen LogP contribution in [0.5, 0.6) is 0 Å². The van der Waals surface area contributed by atoms with Crippen molar-refractivity contribution in [2.24, 2.45) is 5.92 Å². The van der Waals surface area contributed by atoms with Crippen molar-refractivity contribution in [1.29, 1.82) is 0 Å². The molecule has 3 heterocycles. The van der Waals surface area contributed by atoms with Crippen molar-refractivity contribution in [2.45, 2.75) is 85.5 Å². The van der Waals surface area contributed by atoms with Crippen LogP contribution in [0.1, 0.15) is 79.5 Å². The topological polar surface area (TPSA) is 156 Å². The summed E-state index contributed by atoms with van der Waals surface area (Å²) < 4.78 is 3.19. The highest BCUT2D eigenvalue weighted by atomic mass is 16.2. The summed E-state index contributed by atoms with van der Waals surface area (Å²) in [6.45, 7) is 11.0. The van der Waals surface area contributed by atoms with Crippen LogP contribution in [-0.2, 0) is 33.9 Å². The van der Waals surface area contributed by atoms with Gasteiger partial charge in [0.15, 0.2) is 5.82 Å². The van der Waals surface area contributed by atoms with E-state index >= 15 is 0 Å². The molecule has 3 N–H and O–H groups in total. The van der Waals surface area contributed by atoms with Crippen LogP contribution in [-0.4, -0.2) is 78.7 Å². The Balaban J connectivity index is 1.61. The van der Waals surface area contributed by atoms with E-state index in [1.807, 2.05) is 58.0 Å². The van der Waals surface area contributed by atoms with Gasteiger partial charge in [0.2, 0.25) is 17.7 Å². The highest BCUT2D eigenvalue weighted by Gasteiger charge is 2.30. The predicted octanol–water partition coefficient (Wildman–Crippen LogP) is 2.09. The van der Waals surface area contributed by atoms with Gasteiger partial charge in [-0.15, -0.1) is 0 Å². The van der Waals surface area contributed by atoms with Gasteiger partial charge < -0.3 is 20.9 Å². The summed E-state index contributed by atoms with van der Waals surface area (Å²) in [4.78, 5) is 59.9. The molecule has 1 aliphatic rings. The fraction of sp³-hybridized carbons (Fsp3) is 0.531. The highest BCUT2D eigenvalue weighted by Crippen LogP contribution is 2.21. The summed E-state index contributed by atoms with van der Waals surface area (Å²) in [5.74, 6) is -0.186. The van der Waals surface area contributed by atoms with Crippen LogP contribution in [0.4, 0.5) is 0 Å². The van der Waals surface area contributed by atoms with E-state index < -0.39 is 12.1 Å². The van der Waals surface area contributed by atoms with Gasteiger partial charge in [-0.25, -0.2) is 9.67 Å². The summed E-state index contributed by atoms with van der Waals surface area (Å²) in [5, 5.41) is 17.8. The molecule has 0 unspecified atom stereocenters. The molecular formula is C32H45N9O4. The first-order valence-corrected chi connectivity index (χ1v) is 15.7. The Bertz CT molecular complexity index is 1480. The summed E-state index contributed by atoms with van der Waals surface area (Å²) in [6, 6.07) is 9.88. The molecule has 2 aromatic heterocycles. The molecule has 0 aliphatic carbocycles. The minimum atomic E-state index is -0.847. The van der Waals surface area contributed by atoms with Crippen LogP contribution in [0.25, 0.3) is 0 Å². The van der Waals surface area contributed by atoms with Crippen molar-refractivity contribution in [3.8, 4) is 0 Å². The lowest BCUT2D eigenvalue weighted by Gasteiger charge is -2.26. The zero-order valence-electron chi connectivity index (χ0n) is 26.9. The summed E-state index contributed by atoms with van der Waals surface area (Å²) in [7, 11) is 0. The number of fused-ring (bicyclic) bond motifs is 1. The van der Waals surface area contributed by atoms with Gasteiger partial charge in [-0.3, -0.25) is 23.9 Å². The first kappa shape index (κ1) is 33.3. The normalized spacial score (nSPS) is 19.2. The zero-order valence-corrected chi connectivity index (χ0v) is 26.9. The number of carbonyl (C=O) groups is 4. The van der Waals surface area contributed by atoms with Crippen LogP contribution in [0, 0.1) is 19.8 Å². The molecule has 4 amide bonds. The Morgan fingerprint density at radius 2 is 1.73 bits per heavy atom. The van der Waals surface area contributed by atoms with E-state index in [9.17, 15) is 19.2 Å². The predicted molar refractivity (Wildman–Crippen MR) is 168 cm³/mol. The lowest BCUT2D eigenvalue weighted by atomic mass is 10.0. The zero-order chi connectivity index (χ0) is 32.5. The molecule has 1 aromatic carbocycles. The van der Waals surface area contributed by atoms with Crippen LogP contribution in [0.2, 0.25) is 0 Å². The molecule has 242 valence electrons. The molecule has 13 heteroatoms. The SMILES string of the molecule is CCn1nc(C)cc1C(=O)N1CCCNC(=O)Cn2nc(C)nc2[C@H](C(C)C)NC(=O)[C@@H](Cc2ccccc2)NC(=O)CCC1. The first-order valence-electron chi connectivity index (χ1n) is 15.7. The monoisotopic (exact) mass is 619 g/mol. The number of nitrogens with one attached hydrogen (secondary N) is 3. The number of aryl methyl sites for hydroxylation is 3. The average molecular weight is 620 g/mol. The number of carbonyl (C=O) groups excluding carboxylic acids is 4. The summed E-state index contributed by atoms with van der Waals surface area (Å²) in [6.07, 6.45) is 1.35. The minimum Gasteiger partial charge on any atom is -0.354 e. The Kier molecular flexibility index (Phi) is 11.4. The summed E-state index contributed by atoms with van der Waals surface area (Å²) >= 11 is 0. The minimum absolute atomic E-state index is 0.0724. The second-order valence-corrected chi connectivity index (χ2v) is 11.8. The van der Waals surface area contributed by atoms with Gasteiger partial charge in [0.05, 0.1) is 11.7 Å². The number of aromatic nitrogens is 5. The van der Waals surface area contributed by atoms with E-state index in [4.69, 9.17) is 0 Å². The van der Waals surface area contributed by atoms with E-state index in [-0.39, 0.29) is 42.5 Å². The molecule has 0 saturated carbocycles. The maximum atomic E-state index is 13.8. The fourth-order valence-corrected chi connectivity index (χ4v) is 5.48. The number of hydrogen-bond donors (Lipinski definition) is 3. The molecule has 0 spiro atoms. The number of benzene rings is 1. The Morgan fingerprint density at radius 3 is 2.44 bits per heavy atom. The maximum Gasteiger partial charge on any atom is 0.272 e. The lowest BCUT2D eigenvalue weighted by molar-refractivity contribution is -0.129. The molecule has 3 aromatic rings. The number of amides is 4. The van der Waals surface area contributed by atoms with Crippen molar-refractivity contribution >= 4 is 23.6 Å². The second kappa shape index (κ2) is 15.4. The van der Waals surface area contributed by atoms with Gasteiger partial charge in [0, 0.05) is 39.0 Å². The van der Waals surface area contributed by atoms with Crippen molar-refractivity contribution in [3.63, 3.8) is 0 Å². The van der Waals surface area contributed by atoms with Crippen LogP contribution in [0.3, 0.4) is 0 Å². The third kappa shape index (κ3) is 8.99. The average Bonchev–Trinajstić information content (AvgIpc) is 3.57. The molecule has 0 saturated heterocycles. The van der Waals surface area contributed by atoms with Gasteiger partial charge in [-0.1, -0.05) is 44.2 Å². The van der Waals surface area contributed by atoms with Gasteiger partial charge >= 0.3 is 0 Å².